The minimum Gasteiger partial charge on any atom is -0.334 e. The number of benzene rings is 2. The highest BCUT2D eigenvalue weighted by Gasteiger charge is 2.21. The van der Waals surface area contributed by atoms with Gasteiger partial charge >= 0.3 is 0 Å². The van der Waals surface area contributed by atoms with Gasteiger partial charge in [0.2, 0.25) is 10.0 Å². The van der Waals surface area contributed by atoms with E-state index in [1.807, 2.05) is 18.3 Å². The molecule has 32 heavy (non-hydrogen) atoms. The fourth-order valence-electron chi connectivity index (χ4n) is 3.58. The third-order valence-corrected chi connectivity index (χ3v) is 6.69. The molecule has 3 aromatic rings. The maximum atomic E-state index is 14.1. The molecule has 0 fully saturated rings. The van der Waals surface area contributed by atoms with Gasteiger partial charge in [0.25, 0.3) is 5.91 Å². The van der Waals surface area contributed by atoms with Crippen molar-refractivity contribution in [1.82, 2.24) is 14.3 Å². The van der Waals surface area contributed by atoms with Crippen LogP contribution in [-0.4, -0.2) is 30.4 Å². The Morgan fingerprint density at radius 1 is 1.19 bits per heavy atom. The van der Waals surface area contributed by atoms with E-state index < -0.39 is 26.6 Å². The Morgan fingerprint density at radius 2 is 1.97 bits per heavy atom. The third kappa shape index (κ3) is 4.63. The maximum absolute atomic E-state index is 14.1. The molecule has 9 heteroatoms. The minimum absolute atomic E-state index is 0.0243. The predicted molar refractivity (Wildman–Crippen MR) is 120 cm³/mol. The SMILES string of the molecule is C=CCNS(=O)(=O)c1cc(C(=O)Nc2ccc(-c3cn4c(n3)CCCC4)cc2)ccc1F. The number of imidazole rings is 1. The molecule has 166 valence electrons. The molecule has 4 rings (SSSR count). The highest BCUT2D eigenvalue weighted by molar-refractivity contribution is 7.89. The number of anilines is 1. The first-order valence-electron chi connectivity index (χ1n) is 10.3. The molecule has 1 aromatic heterocycles. The molecule has 2 heterocycles. The lowest BCUT2D eigenvalue weighted by Crippen LogP contribution is -2.25. The largest absolute Gasteiger partial charge is 0.334 e. The van der Waals surface area contributed by atoms with E-state index in [-0.39, 0.29) is 12.1 Å². The molecular weight excluding hydrogens is 431 g/mol. The Morgan fingerprint density at radius 3 is 2.69 bits per heavy atom. The molecule has 2 aromatic carbocycles. The van der Waals surface area contributed by atoms with Gasteiger partial charge in [-0.2, -0.15) is 0 Å². The van der Waals surface area contributed by atoms with Crippen LogP contribution in [0.15, 0.2) is 66.2 Å². The van der Waals surface area contributed by atoms with Crippen LogP contribution in [0.25, 0.3) is 11.3 Å². The Bertz CT molecular complexity index is 1240. The van der Waals surface area contributed by atoms with Gasteiger partial charge < -0.3 is 9.88 Å². The van der Waals surface area contributed by atoms with Crippen molar-refractivity contribution in [2.45, 2.75) is 30.7 Å². The average molecular weight is 455 g/mol. The van der Waals surface area contributed by atoms with E-state index in [1.165, 1.54) is 12.1 Å². The van der Waals surface area contributed by atoms with Crippen molar-refractivity contribution in [1.29, 1.82) is 0 Å². The summed E-state index contributed by atoms with van der Waals surface area (Å²) in [6.07, 6.45) is 6.67. The lowest BCUT2D eigenvalue weighted by Gasteiger charge is -2.11. The summed E-state index contributed by atoms with van der Waals surface area (Å²) in [4.78, 5) is 16.7. The summed E-state index contributed by atoms with van der Waals surface area (Å²) in [5.41, 5.74) is 2.38. The van der Waals surface area contributed by atoms with Crippen LogP contribution in [-0.2, 0) is 23.0 Å². The smallest absolute Gasteiger partial charge is 0.255 e. The molecule has 0 spiro atoms. The second-order valence-electron chi connectivity index (χ2n) is 7.51. The lowest BCUT2D eigenvalue weighted by molar-refractivity contribution is 0.102. The van der Waals surface area contributed by atoms with E-state index in [0.29, 0.717) is 5.69 Å². The number of rotatable bonds is 7. The number of sulfonamides is 1. The summed E-state index contributed by atoms with van der Waals surface area (Å²) >= 11 is 0. The molecule has 7 nitrogen and oxygen atoms in total. The van der Waals surface area contributed by atoms with Crippen LogP contribution < -0.4 is 10.0 Å². The van der Waals surface area contributed by atoms with Crippen molar-refractivity contribution >= 4 is 21.6 Å². The molecule has 0 saturated heterocycles. The molecule has 0 saturated carbocycles. The topological polar surface area (TPSA) is 93.1 Å². The van der Waals surface area contributed by atoms with Crippen LogP contribution in [0.1, 0.15) is 29.0 Å². The first-order chi connectivity index (χ1) is 15.4. The van der Waals surface area contributed by atoms with Crippen molar-refractivity contribution in [2.24, 2.45) is 0 Å². The molecule has 0 atom stereocenters. The average Bonchev–Trinajstić information content (AvgIpc) is 3.22. The molecule has 0 bridgehead atoms. The number of nitrogens with one attached hydrogen (secondary N) is 2. The highest BCUT2D eigenvalue weighted by atomic mass is 32.2. The molecular formula is C23H23FN4O3S. The predicted octanol–water partition coefficient (Wildman–Crippen LogP) is 3.74. The number of hydrogen-bond donors (Lipinski definition) is 2. The van der Waals surface area contributed by atoms with E-state index in [4.69, 9.17) is 4.98 Å². The number of halogens is 1. The summed E-state index contributed by atoms with van der Waals surface area (Å²) < 4.78 is 43.0. The van der Waals surface area contributed by atoms with Crippen molar-refractivity contribution in [3.05, 3.63) is 78.5 Å². The summed E-state index contributed by atoms with van der Waals surface area (Å²) in [5.74, 6) is -0.395. The summed E-state index contributed by atoms with van der Waals surface area (Å²) in [6.45, 7) is 4.35. The van der Waals surface area contributed by atoms with Crippen molar-refractivity contribution < 1.29 is 17.6 Å². The first kappa shape index (κ1) is 21.9. The summed E-state index contributed by atoms with van der Waals surface area (Å²) in [7, 11) is -4.11. The van der Waals surface area contributed by atoms with Crippen molar-refractivity contribution in [3.63, 3.8) is 0 Å². The minimum atomic E-state index is -4.11. The van der Waals surface area contributed by atoms with Crippen LogP contribution in [0, 0.1) is 5.82 Å². The van der Waals surface area contributed by atoms with Gasteiger partial charge in [-0.1, -0.05) is 18.2 Å². The number of aryl methyl sites for hydroxylation is 2. The fourth-order valence-corrected chi connectivity index (χ4v) is 4.68. The number of nitrogens with zero attached hydrogens (tertiary/aromatic N) is 2. The highest BCUT2D eigenvalue weighted by Crippen LogP contribution is 2.24. The summed E-state index contributed by atoms with van der Waals surface area (Å²) in [6, 6.07) is 10.4. The molecule has 0 aliphatic carbocycles. The van der Waals surface area contributed by atoms with E-state index in [2.05, 4.69) is 21.2 Å². The zero-order chi connectivity index (χ0) is 22.7. The van der Waals surface area contributed by atoms with Crippen LogP contribution in [0.2, 0.25) is 0 Å². The van der Waals surface area contributed by atoms with E-state index in [9.17, 15) is 17.6 Å². The van der Waals surface area contributed by atoms with E-state index in [1.54, 1.807) is 12.1 Å². The van der Waals surface area contributed by atoms with Crippen LogP contribution in [0.5, 0.6) is 0 Å². The fraction of sp³-hybridized carbons (Fsp3) is 0.217. The number of aromatic nitrogens is 2. The van der Waals surface area contributed by atoms with Gasteiger partial charge in [-0.05, 0) is 43.2 Å². The van der Waals surface area contributed by atoms with Crippen LogP contribution in [0.3, 0.4) is 0 Å². The maximum Gasteiger partial charge on any atom is 0.255 e. The number of hydrogen-bond acceptors (Lipinski definition) is 4. The molecule has 0 radical (unpaired) electrons. The lowest BCUT2D eigenvalue weighted by atomic mass is 10.1. The van der Waals surface area contributed by atoms with Gasteiger partial charge in [0.1, 0.15) is 16.5 Å². The van der Waals surface area contributed by atoms with E-state index >= 15 is 0 Å². The standard InChI is InChI=1S/C23H23FN4O3S/c1-2-12-25-32(30,31)21-14-17(8-11-19(21)24)23(29)26-18-9-6-16(7-10-18)20-15-28-13-4-3-5-22(28)27-20/h2,6-11,14-15,25H,1,3-5,12-13H2,(H,26,29). The monoisotopic (exact) mass is 454 g/mol. The zero-order valence-electron chi connectivity index (χ0n) is 17.3. The quantitative estimate of drug-likeness (QED) is 0.532. The Hall–Kier alpha value is -3.30. The van der Waals surface area contributed by atoms with Gasteiger partial charge in [0.05, 0.1) is 5.69 Å². The van der Waals surface area contributed by atoms with Gasteiger partial charge in [-0.15, -0.1) is 6.58 Å². The Balaban J connectivity index is 1.50. The van der Waals surface area contributed by atoms with Crippen molar-refractivity contribution in [2.75, 3.05) is 11.9 Å². The molecule has 2 N–H and O–H groups in total. The second kappa shape index (κ2) is 9.05. The van der Waals surface area contributed by atoms with Crippen LogP contribution in [0.4, 0.5) is 10.1 Å². The molecule has 0 unspecified atom stereocenters. The van der Waals surface area contributed by atoms with Crippen molar-refractivity contribution in [3.8, 4) is 11.3 Å². The summed E-state index contributed by atoms with van der Waals surface area (Å²) in [5, 5.41) is 2.71. The Labute approximate surface area is 186 Å². The zero-order valence-corrected chi connectivity index (χ0v) is 18.2. The third-order valence-electron chi connectivity index (χ3n) is 5.25. The molecule has 1 aliphatic heterocycles. The number of carbonyl (C=O) groups excluding carboxylic acids is 1. The second-order valence-corrected chi connectivity index (χ2v) is 9.25. The number of fused-ring (bicyclic) bond motifs is 1. The first-order valence-corrected chi connectivity index (χ1v) is 11.7. The number of carbonyl (C=O) groups is 1. The van der Waals surface area contributed by atoms with Crippen LogP contribution >= 0.6 is 0 Å². The number of amides is 1. The normalized spacial score (nSPS) is 13.4. The van der Waals surface area contributed by atoms with Gasteiger partial charge in [-0.25, -0.2) is 22.5 Å². The van der Waals surface area contributed by atoms with E-state index in [0.717, 1.165) is 55.0 Å². The van der Waals surface area contributed by atoms with Gasteiger partial charge in [0, 0.05) is 42.5 Å². The Kier molecular flexibility index (Phi) is 6.20. The molecule has 1 aliphatic rings. The molecule has 1 amide bonds. The van der Waals surface area contributed by atoms with Gasteiger partial charge in [-0.3, -0.25) is 4.79 Å². The van der Waals surface area contributed by atoms with Gasteiger partial charge in [0.15, 0.2) is 0 Å².